The molecule has 1 heterocycles. The largest absolute Gasteiger partial charge is 0.490 e. The lowest BCUT2D eigenvalue weighted by atomic mass is 10.1. The maximum atomic E-state index is 5.76. The predicted octanol–water partition coefficient (Wildman–Crippen LogP) is 3.90. The minimum absolute atomic E-state index is 0.601. The fourth-order valence-corrected chi connectivity index (χ4v) is 2.64. The summed E-state index contributed by atoms with van der Waals surface area (Å²) in [6.45, 7) is 8.43. The van der Waals surface area contributed by atoms with Crippen LogP contribution in [-0.2, 0) is 6.54 Å². The third-order valence-corrected chi connectivity index (χ3v) is 4.09. The molecule has 5 heteroatoms. The summed E-state index contributed by atoms with van der Waals surface area (Å²) in [5.74, 6) is 2.24. The van der Waals surface area contributed by atoms with E-state index in [1.54, 1.807) is 6.08 Å². The van der Waals surface area contributed by atoms with Crippen molar-refractivity contribution in [1.29, 1.82) is 0 Å². The topological polar surface area (TPSA) is 54.9 Å². The van der Waals surface area contributed by atoms with Gasteiger partial charge in [-0.1, -0.05) is 30.3 Å². The van der Waals surface area contributed by atoms with Crippen LogP contribution in [0.15, 0.2) is 60.1 Å². The van der Waals surface area contributed by atoms with Crippen LogP contribution in [-0.4, -0.2) is 25.7 Å². The second-order valence-corrected chi connectivity index (χ2v) is 6.10. The molecule has 2 N–H and O–H groups in total. The molecular formula is C21H25N3O2. The molecule has 0 atom stereocenters. The molecule has 1 aliphatic rings. The van der Waals surface area contributed by atoms with Crippen molar-refractivity contribution >= 4 is 11.6 Å². The average Bonchev–Trinajstić information content (AvgIpc) is 2.90. The standard InChI is InChI=1S/C21H25N3O2/c1-3-11-22-21(23-15-17-8-5-4-7-16(17)2)24-18-9-10-19-20(14-18)26-13-6-12-25-19/h3-5,7-10,14H,1,6,11-13,15H2,2H3,(H2,22,23,24). The molecule has 2 aromatic carbocycles. The van der Waals surface area contributed by atoms with E-state index in [1.807, 2.05) is 30.3 Å². The molecule has 26 heavy (non-hydrogen) atoms. The summed E-state index contributed by atoms with van der Waals surface area (Å²) in [5.41, 5.74) is 3.33. The molecule has 0 bridgehead atoms. The van der Waals surface area contributed by atoms with Gasteiger partial charge in [-0.05, 0) is 30.2 Å². The lowest BCUT2D eigenvalue weighted by molar-refractivity contribution is 0.297. The van der Waals surface area contributed by atoms with Crippen LogP contribution in [0.1, 0.15) is 17.5 Å². The highest BCUT2D eigenvalue weighted by atomic mass is 16.5. The number of benzene rings is 2. The van der Waals surface area contributed by atoms with E-state index in [-0.39, 0.29) is 0 Å². The van der Waals surface area contributed by atoms with Crippen LogP contribution >= 0.6 is 0 Å². The van der Waals surface area contributed by atoms with Crippen LogP contribution in [0.3, 0.4) is 0 Å². The number of fused-ring (bicyclic) bond motifs is 1. The molecule has 0 unspecified atom stereocenters. The second kappa shape index (κ2) is 8.94. The lowest BCUT2D eigenvalue weighted by Gasteiger charge is -2.14. The molecule has 0 amide bonds. The van der Waals surface area contributed by atoms with Crippen molar-refractivity contribution < 1.29 is 9.47 Å². The zero-order valence-electron chi connectivity index (χ0n) is 15.1. The van der Waals surface area contributed by atoms with Crippen LogP contribution in [0.25, 0.3) is 0 Å². The summed E-state index contributed by atoms with van der Waals surface area (Å²) in [5, 5.41) is 6.58. The Kier molecular flexibility index (Phi) is 6.14. The highest BCUT2D eigenvalue weighted by molar-refractivity contribution is 5.94. The average molecular weight is 351 g/mol. The van der Waals surface area contributed by atoms with Gasteiger partial charge in [-0.25, -0.2) is 4.99 Å². The van der Waals surface area contributed by atoms with Gasteiger partial charge in [0.05, 0.1) is 19.8 Å². The highest BCUT2D eigenvalue weighted by Gasteiger charge is 2.11. The first-order chi connectivity index (χ1) is 12.8. The van der Waals surface area contributed by atoms with Gasteiger partial charge in [-0.3, -0.25) is 0 Å². The first-order valence-electron chi connectivity index (χ1n) is 8.86. The minimum atomic E-state index is 0.601. The van der Waals surface area contributed by atoms with Crippen molar-refractivity contribution in [1.82, 2.24) is 5.32 Å². The van der Waals surface area contributed by atoms with Crippen molar-refractivity contribution in [3.8, 4) is 11.5 Å². The summed E-state index contributed by atoms with van der Waals surface area (Å²) in [4.78, 5) is 4.69. The SMILES string of the molecule is C=CCNC(=NCc1ccccc1C)Nc1ccc2c(c1)OCCCO2. The maximum Gasteiger partial charge on any atom is 0.196 e. The Morgan fingerprint density at radius 2 is 1.96 bits per heavy atom. The quantitative estimate of drug-likeness (QED) is 0.487. The summed E-state index contributed by atoms with van der Waals surface area (Å²) < 4.78 is 11.4. The Morgan fingerprint density at radius 1 is 1.15 bits per heavy atom. The van der Waals surface area contributed by atoms with E-state index in [0.29, 0.717) is 32.3 Å². The molecule has 5 nitrogen and oxygen atoms in total. The van der Waals surface area contributed by atoms with Crippen molar-refractivity contribution in [3.63, 3.8) is 0 Å². The highest BCUT2D eigenvalue weighted by Crippen LogP contribution is 2.32. The van der Waals surface area contributed by atoms with E-state index in [0.717, 1.165) is 23.6 Å². The van der Waals surface area contributed by atoms with Gasteiger partial charge in [0.15, 0.2) is 17.5 Å². The van der Waals surface area contributed by atoms with Crippen molar-refractivity contribution in [3.05, 3.63) is 66.2 Å². The Hall–Kier alpha value is -2.95. The van der Waals surface area contributed by atoms with Crippen LogP contribution in [0.4, 0.5) is 5.69 Å². The molecule has 1 aliphatic heterocycles. The molecule has 3 rings (SSSR count). The summed E-state index contributed by atoms with van der Waals surface area (Å²) in [6, 6.07) is 14.1. The third kappa shape index (κ3) is 4.79. The number of aryl methyl sites for hydroxylation is 1. The number of nitrogens with zero attached hydrogens (tertiary/aromatic N) is 1. The van der Waals surface area contributed by atoms with Crippen molar-refractivity contribution in [2.24, 2.45) is 4.99 Å². The second-order valence-electron chi connectivity index (χ2n) is 6.10. The van der Waals surface area contributed by atoms with E-state index in [2.05, 4.69) is 36.3 Å². The van der Waals surface area contributed by atoms with Crippen LogP contribution in [0, 0.1) is 6.92 Å². The molecule has 2 aromatic rings. The first kappa shape index (κ1) is 17.9. The number of guanidine groups is 1. The van der Waals surface area contributed by atoms with Crippen LogP contribution in [0.5, 0.6) is 11.5 Å². The normalized spacial score (nSPS) is 13.7. The van der Waals surface area contributed by atoms with E-state index in [4.69, 9.17) is 14.5 Å². The van der Waals surface area contributed by atoms with Crippen molar-refractivity contribution in [2.75, 3.05) is 25.1 Å². The van der Waals surface area contributed by atoms with E-state index >= 15 is 0 Å². The fraction of sp³-hybridized carbons (Fsp3) is 0.286. The van der Waals surface area contributed by atoms with Gasteiger partial charge in [-0.2, -0.15) is 0 Å². The molecule has 0 spiro atoms. The first-order valence-corrected chi connectivity index (χ1v) is 8.86. The molecular weight excluding hydrogens is 326 g/mol. The summed E-state index contributed by atoms with van der Waals surface area (Å²) >= 11 is 0. The van der Waals surface area contributed by atoms with E-state index < -0.39 is 0 Å². The van der Waals surface area contributed by atoms with Crippen molar-refractivity contribution in [2.45, 2.75) is 19.9 Å². The predicted molar refractivity (Wildman–Crippen MR) is 106 cm³/mol. The molecule has 0 aliphatic carbocycles. The van der Waals surface area contributed by atoms with Gasteiger partial charge < -0.3 is 20.1 Å². The van der Waals surface area contributed by atoms with E-state index in [1.165, 1.54) is 11.1 Å². The zero-order chi connectivity index (χ0) is 18.2. The molecule has 0 radical (unpaired) electrons. The van der Waals surface area contributed by atoms with Gasteiger partial charge in [-0.15, -0.1) is 6.58 Å². The maximum absolute atomic E-state index is 5.76. The lowest BCUT2D eigenvalue weighted by Crippen LogP contribution is -2.31. The molecule has 0 saturated heterocycles. The van der Waals surface area contributed by atoms with Gasteiger partial charge in [0.2, 0.25) is 0 Å². The fourth-order valence-electron chi connectivity index (χ4n) is 2.64. The van der Waals surface area contributed by atoms with Gasteiger partial charge in [0.25, 0.3) is 0 Å². The molecule has 0 fully saturated rings. The molecule has 136 valence electrons. The molecule has 0 aromatic heterocycles. The number of rotatable bonds is 5. The number of ether oxygens (including phenoxy) is 2. The number of hydrogen-bond donors (Lipinski definition) is 2. The Morgan fingerprint density at radius 3 is 2.77 bits per heavy atom. The smallest absolute Gasteiger partial charge is 0.196 e. The third-order valence-electron chi connectivity index (χ3n) is 4.09. The van der Waals surface area contributed by atoms with Crippen LogP contribution in [0.2, 0.25) is 0 Å². The van der Waals surface area contributed by atoms with E-state index in [9.17, 15) is 0 Å². The van der Waals surface area contributed by atoms with Gasteiger partial charge in [0, 0.05) is 24.7 Å². The molecule has 0 saturated carbocycles. The van der Waals surface area contributed by atoms with Gasteiger partial charge in [0.1, 0.15) is 0 Å². The Labute approximate surface area is 154 Å². The number of hydrogen-bond acceptors (Lipinski definition) is 3. The zero-order valence-corrected chi connectivity index (χ0v) is 15.1. The monoisotopic (exact) mass is 351 g/mol. The summed E-state index contributed by atoms with van der Waals surface area (Å²) in [7, 11) is 0. The number of aliphatic imine (C=N–C) groups is 1. The Balaban J connectivity index is 1.75. The van der Waals surface area contributed by atoms with Gasteiger partial charge >= 0.3 is 0 Å². The Bertz CT molecular complexity index is 787. The van der Waals surface area contributed by atoms with Crippen LogP contribution < -0.4 is 20.1 Å². The summed E-state index contributed by atoms with van der Waals surface area (Å²) in [6.07, 6.45) is 2.69. The minimum Gasteiger partial charge on any atom is -0.490 e. The number of nitrogens with one attached hydrogen (secondary N) is 2. The number of anilines is 1.